The number of hydrogen-bond donors (Lipinski definition) is 3. The van der Waals surface area contributed by atoms with Gasteiger partial charge in [-0.25, -0.2) is 4.79 Å². The van der Waals surface area contributed by atoms with Crippen LogP contribution in [0.2, 0.25) is 0 Å². The second kappa shape index (κ2) is 6.78. The fraction of sp³-hybridized carbons (Fsp3) is 0.750. The number of halogens is 1. The number of alkyl halides is 1. The normalized spacial score (nSPS) is 14.5. The number of amides is 1. The zero-order valence-corrected chi connectivity index (χ0v) is 9.80. The van der Waals surface area contributed by atoms with Crippen LogP contribution in [0.5, 0.6) is 0 Å². The SMILES string of the molecule is CC(NC[C@H](C)NC(=O)O)C(=O)CBr. The summed E-state index contributed by atoms with van der Waals surface area (Å²) >= 11 is 3.06. The van der Waals surface area contributed by atoms with Crippen molar-refractivity contribution in [2.24, 2.45) is 0 Å². The minimum atomic E-state index is -1.06. The molecule has 6 heteroatoms. The average molecular weight is 267 g/mol. The molecule has 82 valence electrons. The Bertz CT molecular complexity index is 211. The molecule has 0 aromatic heterocycles. The molecule has 0 aromatic carbocycles. The molecule has 0 rings (SSSR count). The van der Waals surface area contributed by atoms with E-state index in [0.717, 1.165) is 0 Å². The van der Waals surface area contributed by atoms with Crippen LogP contribution in [0.1, 0.15) is 13.8 Å². The third kappa shape index (κ3) is 5.93. The van der Waals surface area contributed by atoms with Gasteiger partial charge >= 0.3 is 6.09 Å². The molecule has 0 radical (unpaired) electrons. The van der Waals surface area contributed by atoms with Crippen molar-refractivity contribution in [3.05, 3.63) is 0 Å². The van der Waals surface area contributed by atoms with E-state index in [1.54, 1.807) is 13.8 Å². The topological polar surface area (TPSA) is 78.4 Å². The van der Waals surface area contributed by atoms with Gasteiger partial charge in [0.25, 0.3) is 0 Å². The highest BCUT2D eigenvalue weighted by Gasteiger charge is 2.12. The Morgan fingerprint density at radius 1 is 1.43 bits per heavy atom. The fourth-order valence-corrected chi connectivity index (χ4v) is 1.33. The number of nitrogens with one attached hydrogen (secondary N) is 2. The van der Waals surface area contributed by atoms with Crippen LogP contribution in [0.3, 0.4) is 0 Å². The first kappa shape index (κ1) is 13.4. The summed E-state index contributed by atoms with van der Waals surface area (Å²) < 4.78 is 0. The summed E-state index contributed by atoms with van der Waals surface area (Å²) in [6.07, 6.45) is -1.06. The zero-order valence-electron chi connectivity index (χ0n) is 8.21. The molecule has 0 aliphatic rings. The Morgan fingerprint density at radius 3 is 2.43 bits per heavy atom. The predicted molar refractivity (Wildman–Crippen MR) is 56.9 cm³/mol. The van der Waals surface area contributed by atoms with E-state index < -0.39 is 6.09 Å². The van der Waals surface area contributed by atoms with E-state index in [1.165, 1.54) is 0 Å². The number of hydrogen-bond acceptors (Lipinski definition) is 3. The Labute approximate surface area is 91.4 Å². The molecule has 0 spiro atoms. The van der Waals surface area contributed by atoms with Crippen LogP contribution in [-0.4, -0.2) is 40.9 Å². The van der Waals surface area contributed by atoms with Crippen molar-refractivity contribution >= 4 is 27.8 Å². The number of carboxylic acid groups (broad SMARTS) is 1. The van der Waals surface area contributed by atoms with Gasteiger partial charge < -0.3 is 15.7 Å². The summed E-state index contributed by atoms with van der Waals surface area (Å²) in [6, 6.07) is -0.467. The molecule has 0 heterocycles. The first-order valence-electron chi connectivity index (χ1n) is 4.29. The van der Waals surface area contributed by atoms with Gasteiger partial charge in [0.2, 0.25) is 0 Å². The lowest BCUT2D eigenvalue weighted by molar-refractivity contribution is -0.118. The molecule has 14 heavy (non-hydrogen) atoms. The molecule has 1 amide bonds. The highest BCUT2D eigenvalue weighted by atomic mass is 79.9. The van der Waals surface area contributed by atoms with Crippen molar-refractivity contribution in [3.63, 3.8) is 0 Å². The van der Waals surface area contributed by atoms with Crippen LogP contribution in [-0.2, 0) is 4.79 Å². The number of ketones is 1. The molecular weight excluding hydrogens is 252 g/mol. The summed E-state index contributed by atoms with van der Waals surface area (Å²) in [7, 11) is 0. The van der Waals surface area contributed by atoms with Crippen molar-refractivity contribution in [2.75, 3.05) is 11.9 Å². The van der Waals surface area contributed by atoms with Gasteiger partial charge in [-0.2, -0.15) is 0 Å². The Kier molecular flexibility index (Phi) is 6.48. The molecule has 0 aromatic rings. The summed E-state index contributed by atoms with van der Waals surface area (Å²) in [4.78, 5) is 21.3. The monoisotopic (exact) mass is 266 g/mol. The van der Waals surface area contributed by atoms with Crippen LogP contribution in [0, 0.1) is 0 Å². The van der Waals surface area contributed by atoms with E-state index in [2.05, 4.69) is 26.6 Å². The Hall–Kier alpha value is -0.620. The smallest absolute Gasteiger partial charge is 0.404 e. The van der Waals surface area contributed by atoms with Gasteiger partial charge in [-0.1, -0.05) is 15.9 Å². The Morgan fingerprint density at radius 2 is 2.00 bits per heavy atom. The summed E-state index contributed by atoms with van der Waals surface area (Å²) in [5.41, 5.74) is 0. The van der Waals surface area contributed by atoms with Crippen LogP contribution >= 0.6 is 15.9 Å². The van der Waals surface area contributed by atoms with Gasteiger partial charge in [0, 0.05) is 12.6 Å². The van der Waals surface area contributed by atoms with Crippen LogP contribution in [0.4, 0.5) is 4.79 Å². The third-order valence-corrected chi connectivity index (χ3v) is 2.27. The lowest BCUT2D eigenvalue weighted by Crippen LogP contribution is -2.44. The molecule has 1 unspecified atom stereocenters. The molecule has 0 fully saturated rings. The van der Waals surface area contributed by atoms with Crippen LogP contribution in [0.15, 0.2) is 0 Å². The van der Waals surface area contributed by atoms with Gasteiger partial charge in [0.1, 0.15) is 0 Å². The maximum absolute atomic E-state index is 11.1. The van der Waals surface area contributed by atoms with Gasteiger partial charge in [0.05, 0.1) is 11.4 Å². The Balaban J connectivity index is 3.71. The molecule has 0 aliphatic carbocycles. The third-order valence-electron chi connectivity index (χ3n) is 1.71. The standard InChI is InChI=1S/C8H15BrN2O3/c1-5(11-8(13)14)4-10-6(2)7(12)3-9/h5-6,10-11H,3-4H2,1-2H3,(H,13,14)/t5-,6?/m0/s1. The van der Waals surface area contributed by atoms with Crippen molar-refractivity contribution in [2.45, 2.75) is 25.9 Å². The van der Waals surface area contributed by atoms with Gasteiger partial charge in [-0.05, 0) is 13.8 Å². The van der Waals surface area contributed by atoms with Gasteiger partial charge in [-0.15, -0.1) is 0 Å². The minimum Gasteiger partial charge on any atom is -0.465 e. The molecule has 0 bridgehead atoms. The molecule has 5 nitrogen and oxygen atoms in total. The van der Waals surface area contributed by atoms with E-state index in [1.807, 2.05) is 0 Å². The van der Waals surface area contributed by atoms with E-state index in [0.29, 0.717) is 11.9 Å². The lowest BCUT2D eigenvalue weighted by Gasteiger charge is -2.16. The first-order chi connectivity index (χ1) is 6.47. The number of carbonyl (C=O) groups excluding carboxylic acids is 1. The van der Waals surface area contributed by atoms with Crippen molar-refractivity contribution in [1.29, 1.82) is 0 Å². The predicted octanol–water partition coefficient (Wildman–Crippen LogP) is 0.585. The van der Waals surface area contributed by atoms with Crippen molar-refractivity contribution in [1.82, 2.24) is 10.6 Å². The van der Waals surface area contributed by atoms with Gasteiger partial charge in [-0.3, -0.25) is 4.79 Å². The van der Waals surface area contributed by atoms with Crippen LogP contribution < -0.4 is 10.6 Å². The van der Waals surface area contributed by atoms with Crippen LogP contribution in [0.25, 0.3) is 0 Å². The average Bonchev–Trinajstić information content (AvgIpc) is 2.11. The number of Topliss-reactive ketones (excluding diaryl/α,β-unsaturated/α-hetero) is 1. The van der Waals surface area contributed by atoms with Crippen molar-refractivity contribution in [3.8, 4) is 0 Å². The summed E-state index contributed by atoms with van der Waals surface area (Å²) in [5, 5.41) is 13.9. The van der Waals surface area contributed by atoms with Crippen molar-refractivity contribution < 1.29 is 14.7 Å². The minimum absolute atomic E-state index is 0.0486. The highest BCUT2D eigenvalue weighted by molar-refractivity contribution is 9.09. The second-order valence-corrected chi connectivity index (χ2v) is 3.64. The quantitative estimate of drug-likeness (QED) is 0.615. The zero-order chi connectivity index (χ0) is 11.1. The molecule has 2 atom stereocenters. The lowest BCUT2D eigenvalue weighted by atomic mass is 10.2. The molecule has 0 aliphatic heterocycles. The molecule has 0 saturated carbocycles. The highest BCUT2D eigenvalue weighted by Crippen LogP contribution is 1.90. The van der Waals surface area contributed by atoms with E-state index in [9.17, 15) is 9.59 Å². The maximum Gasteiger partial charge on any atom is 0.404 e. The number of carbonyl (C=O) groups is 2. The van der Waals surface area contributed by atoms with Gasteiger partial charge in [0.15, 0.2) is 5.78 Å². The summed E-state index contributed by atoms with van der Waals surface area (Å²) in [5.74, 6) is 0.0486. The van der Waals surface area contributed by atoms with E-state index in [4.69, 9.17) is 5.11 Å². The maximum atomic E-state index is 11.1. The van der Waals surface area contributed by atoms with E-state index >= 15 is 0 Å². The van der Waals surface area contributed by atoms with E-state index in [-0.39, 0.29) is 17.9 Å². The summed E-state index contributed by atoms with van der Waals surface area (Å²) in [6.45, 7) is 3.91. The molecule has 0 saturated heterocycles. The first-order valence-corrected chi connectivity index (χ1v) is 5.41. The largest absolute Gasteiger partial charge is 0.465 e. The molecular formula is C8H15BrN2O3. The second-order valence-electron chi connectivity index (χ2n) is 3.08. The number of rotatable bonds is 6. The molecule has 3 N–H and O–H groups in total. The fourth-order valence-electron chi connectivity index (χ4n) is 0.845.